The second-order valence-corrected chi connectivity index (χ2v) is 6.33. The van der Waals surface area contributed by atoms with Gasteiger partial charge < -0.3 is 9.99 Å². The van der Waals surface area contributed by atoms with E-state index >= 15 is 0 Å². The van der Waals surface area contributed by atoms with E-state index in [0.29, 0.717) is 6.42 Å². The van der Waals surface area contributed by atoms with Gasteiger partial charge in [-0.2, -0.15) is 5.26 Å². The molecular weight excluding hydrogens is 280 g/mol. The highest BCUT2D eigenvalue weighted by molar-refractivity contribution is 5.68. The average molecular weight is 316 g/mol. The first kappa shape index (κ1) is 21.4. The Morgan fingerprint density at radius 3 is 1.77 bits per heavy atom. The molecule has 0 amide bonds. The lowest BCUT2D eigenvalue weighted by Crippen LogP contribution is -2.05. The van der Waals surface area contributed by atoms with Crippen molar-refractivity contribution in [2.24, 2.45) is 0 Å². The van der Waals surface area contributed by atoms with Crippen LogP contribution < -0.4 is 0 Å². The largest absolute Gasteiger partial charge is 0.393 e. The van der Waals surface area contributed by atoms with Gasteiger partial charge in [0.2, 0.25) is 0 Å². The summed E-state index contributed by atoms with van der Waals surface area (Å²) in [6, 6.07) is 0. The van der Waals surface area contributed by atoms with Crippen LogP contribution in [-0.2, 0) is 9.68 Å². The molecule has 0 radical (unpaired) electrons. The Labute approximate surface area is 136 Å². The van der Waals surface area contributed by atoms with Crippen molar-refractivity contribution < 1.29 is 20.0 Å². The van der Waals surface area contributed by atoms with E-state index in [9.17, 15) is 9.90 Å². The van der Waals surface area contributed by atoms with E-state index in [1.54, 1.807) is 0 Å². The lowest BCUT2D eigenvalue weighted by atomic mass is 10.0. The number of carbonyl (C=O) groups excluding carboxylic acids is 1. The van der Waals surface area contributed by atoms with Crippen LogP contribution in [0.15, 0.2) is 0 Å². The van der Waals surface area contributed by atoms with Crippen LogP contribution in [0, 0.1) is 0 Å². The first-order chi connectivity index (χ1) is 10.7. The molecule has 132 valence electrons. The van der Waals surface area contributed by atoms with Crippen molar-refractivity contribution in [1.29, 1.82) is 0 Å². The highest BCUT2D eigenvalue weighted by Crippen LogP contribution is 2.14. The van der Waals surface area contributed by atoms with Crippen LogP contribution in [0.25, 0.3) is 0 Å². The Bertz CT molecular complexity index is 243. The van der Waals surface area contributed by atoms with Crippen molar-refractivity contribution in [1.82, 2.24) is 0 Å². The first-order valence-electron chi connectivity index (χ1n) is 9.23. The summed E-state index contributed by atoms with van der Waals surface area (Å²) >= 11 is 0. The van der Waals surface area contributed by atoms with Crippen LogP contribution in [0.5, 0.6) is 0 Å². The third-order valence-electron chi connectivity index (χ3n) is 4.16. The third kappa shape index (κ3) is 15.8. The number of aliphatic hydroxyl groups is 1. The summed E-state index contributed by atoms with van der Waals surface area (Å²) in [4.78, 5) is 14.3. The Hall–Kier alpha value is -0.610. The fraction of sp³-hybridized carbons (Fsp3) is 0.944. The second-order valence-electron chi connectivity index (χ2n) is 6.33. The van der Waals surface area contributed by atoms with E-state index in [1.807, 2.05) is 0 Å². The highest BCUT2D eigenvalue weighted by atomic mass is 17.1. The van der Waals surface area contributed by atoms with Gasteiger partial charge in [-0.15, -0.1) is 0 Å². The minimum absolute atomic E-state index is 0.0943. The molecule has 0 aromatic carbocycles. The molecular formula is C18H36O4. The number of hydrogen-bond donors (Lipinski definition) is 2. The first-order valence-corrected chi connectivity index (χ1v) is 9.23. The molecule has 1 unspecified atom stereocenters. The molecule has 0 aliphatic heterocycles. The van der Waals surface area contributed by atoms with Gasteiger partial charge in [0, 0.05) is 6.42 Å². The van der Waals surface area contributed by atoms with Crippen LogP contribution in [-0.4, -0.2) is 22.4 Å². The Kier molecular flexibility index (Phi) is 16.3. The lowest BCUT2D eigenvalue weighted by Gasteiger charge is -2.10. The summed E-state index contributed by atoms with van der Waals surface area (Å²) in [5.41, 5.74) is 0. The Morgan fingerprint density at radius 1 is 0.818 bits per heavy atom. The molecule has 0 fully saturated rings. The number of rotatable bonds is 16. The highest BCUT2D eigenvalue weighted by Gasteiger charge is 2.03. The maximum Gasteiger partial charge on any atom is 0.342 e. The second kappa shape index (κ2) is 16.8. The smallest absolute Gasteiger partial charge is 0.342 e. The minimum atomic E-state index is -0.534. The van der Waals surface area contributed by atoms with Gasteiger partial charge in [0.05, 0.1) is 6.10 Å². The predicted molar refractivity (Wildman–Crippen MR) is 89.7 cm³/mol. The monoisotopic (exact) mass is 316 g/mol. The van der Waals surface area contributed by atoms with Gasteiger partial charge in [-0.1, -0.05) is 77.6 Å². The molecule has 0 bridgehead atoms. The molecule has 0 heterocycles. The molecule has 22 heavy (non-hydrogen) atoms. The number of unbranched alkanes of at least 4 members (excludes halogenated alkanes) is 10. The molecule has 1 atom stereocenters. The van der Waals surface area contributed by atoms with Crippen molar-refractivity contribution >= 4 is 5.97 Å². The molecule has 2 N–H and O–H groups in total. The number of hydrogen-bond acceptors (Lipinski definition) is 4. The van der Waals surface area contributed by atoms with Gasteiger partial charge >= 0.3 is 5.97 Å². The quantitative estimate of drug-likeness (QED) is 0.232. The topological polar surface area (TPSA) is 66.8 Å². The van der Waals surface area contributed by atoms with Gasteiger partial charge in [0.15, 0.2) is 0 Å². The molecule has 0 spiro atoms. The SMILES string of the molecule is CCCCCCC(O)CCCCCCCCCCC(=O)OO. The van der Waals surface area contributed by atoms with E-state index in [0.717, 1.165) is 38.5 Å². The predicted octanol–water partition coefficient (Wildman–Crippen LogP) is 5.23. The molecule has 0 aromatic rings. The van der Waals surface area contributed by atoms with E-state index in [-0.39, 0.29) is 6.10 Å². The summed E-state index contributed by atoms with van der Waals surface area (Å²) in [5, 5.41) is 18.0. The van der Waals surface area contributed by atoms with Crippen molar-refractivity contribution in [2.45, 2.75) is 109 Å². The summed E-state index contributed by atoms with van der Waals surface area (Å²) in [6.07, 6.45) is 16.1. The summed E-state index contributed by atoms with van der Waals surface area (Å²) in [6.45, 7) is 2.21. The van der Waals surface area contributed by atoms with E-state index in [2.05, 4.69) is 11.8 Å². The van der Waals surface area contributed by atoms with E-state index in [4.69, 9.17) is 5.26 Å². The molecule has 0 aliphatic carbocycles. The summed E-state index contributed by atoms with van der Waals surface area (Å²) in [5.74, 6) is -0.534. The third-order valence-corrected chi connectivity index (χ3v) is 4.16. The zero-order valence-corrected chi connectivity index (χ0v) is 14.4. The minimum Gasteiger partial charge on any atom is -0.393 e. The van der Waals surface area contributed by atoms with Gasteiger partial charge in [0.25, 0.3) is 0 Å². The molecule has 0 saturated heterocycles. The van der Waals surface area contributed by atoms with Gasteiger partial charge in [-0.25, -0.2) is 4.79 Å². The van der Waals surface area contributed by atoms with Gasteiger partial charge in [-0.05, 0) is 19.3 Å². The number of carbonyl (C=O) groups is 1. The van der Waals surface area contributed by atoms with Crippen molar-refractivity contribution in [3.63, 3.8) is 0 Å². The normalized spacial score (nSPS) is 12.3. The maximum atomic E-state index is 10.7. The molecule has 4 heteroatoms. The van der Waals surface area contributed by atoms with E-state index < -0.39 is 5.97 Å². The standard InChI is InChI=1S/C18H36O4/c1-2-3-4-11-14-17(19)15-12-9-7-5-6-8-10-13-16-18(20)22-21/h17,19,21H,2-16H2,1H3. The van der Waals surface area contributed by atoms with E-state index in [1.165, 1.54) is 51.4 Å². The fourth-order valence-corrected chi connectivity index (χ4v) is 2.71. The van der Waals surface area contributed by atoms with Crippen molar-refractivity contribution in [3.8, 4) is 0 Å². The molecule has 0 saturated carbocycles. The Morgan fingerprint density at radius 2 is 1.27 bits per heavy atom. The van der Waals surface area contributed by atoms with Crippen molar-refractivity contribution in [3.05, 3.63) is 0 Å². The zero-order chi connectivity index (χ0) is 16.5. The maximum absolute atomic E-state index is 10.7. The lowest BCUT2D eigenvalue weighted by molar-refractivity contribution is -0.234. The zero-order valence-electron chi connectivity index (χ0n) is 14.4. The number of aliphatic hydroxyl groups excluding tert-OH is 1. The fourth-order valence-electron chi connectivity index (χ4n) is 2.71. The van der Waals surface area contributed by atoms with Crippen LogP contribution in [0.2, 0.25) is 0 Å². The van der Waals surface area contributed by atoms with Crippen LogP contribution in [0.1, 0.15) is 103 Å². The molecule has 0 rings (SSSR count). The van der Waals surface area contributed by atoms with Crippen LogP contribution in [0.3, 0.4) is 0 Å². The summed E-state index contributed by atoms with van der Waals surface area (Å²) < 4.78 is 0. The van der Waals surface area contributed by atoms with Crippen LogP contribution in [0.4, 0.5) is 0 Å². The molecule has 4 nitrogen and oxygen atoms in total. The summed E-state index contributed by atoms with van der Waals surface area (Å²) in [7, 11) is 0. The molecule has 0 aliphatic rings. The van der Waals surface area contributed by atoms with Gasteiger partial charge in [0.1, 0.15) is 0 Å². The Balaban J connectivity index is 3.14. The average Bonchev–Trinajstić information content (AvgIpc) is 2.53. The van der Waals surface area contributed by atoms with Crippen molar-refractivity contribution in [2.75, 3.05) is 0 Å². The molecule has 0 aromatic heterocycles. The van der Waals surface area contributed by atoms with Gasteiger partial charge in [-0.3, -0.25) is 0 Å². The van der Waals surface area contributed by atoms with Crippen LogP contribution >= 0.6 is 0 Å².